The molecule has 140 valence electrons. The molecule has 3 aromatic rings. The molecule has 1 heterocycles. The van der Waals surface area contributed by atoms with Crippen molar-refractivity contribution in [3.8, 4) is 5.75 Å². The second-order valence-corrected chi connectivity index (χ2v) is 6.64. The van der Waals surface area contributed by atoms with Crippen LogP contribution in [0.3, 0.4) is 0 Å². The zero-order chi connectivity index (χ0) is 19.1. The molecule has 1 N–H and O–H groups in total. The number of aromatic amines is 1. The van der Waals surface area contributed by atoms with E-state index >= 15 is 0 Å². The molecule has 0 aliphatic carbocycles. The van der Waals surface area contributed by atoms with Crippen LogP contribution in [0.1, 0.15) is 49.6 Å². The highest BCUT2D eigenvalue weighted by atomic mass is 32.1. The van der Waals surface area contributed by atoms with Crippen LogP contribution in [0, 0.1) is 4.77 Å². The Morgan fingerprint density at radius 2 is 1.81 bits per heavy atom. The van der Waals surface area contributed by atoms with Crippen LogP contribution >= 0.6 is 12.2 Å². The van der Waals surface area contributed by atoms with Crippen LogP contribution in [-0.4, -0.2) is 21.1 Å². The Morgan fingerprint density at radius 1 is 1.11 bits per heavy atom. The van der Waals surface area contributed by atoms with E-state index in [4.69, 9.17) is 17.0 Å². The van der Waals surface area contributed by atoms with Crippen LogP contribution in [0.25, 0.3) is 0 Å². The van der Waals surface area contributed by atoms with Gasteiger partial charge < -0.3 is 4.74 Å². The summed E-state index contributed by atoms with van der Waals surface area (Å²) in [6.45, 7) is 4.77. The highest BCUT2D eigenvalue weighted by molar-refractivity contribution is 7.71. The average molecular weight is 381 g/mol. The third-order valence-corrected chi connectivity index (χ3v) is 4.80. The number of nitrogens with zero attached hydrogens (tertiary/aromatic N) is 3. The SMILES string of the molecule is CCC(CC)c1n[nH]c(=S)n1/N=C\c1ccccc1COc1ccccc1. The van der Waals surface area contributed by atoms with Gasteiger partial charge in [-0.25, -0.2) is 0 Å². The fourth-order valence-corrected chi connectivity index (χ4v) is 3.11. The van der Waals surface area contributed by atoms with Gasteiger partial charge in [0.25, 0.3) is 0 Å². The van der Waals surface area contributed by atoms with Crippen molar-refractivity contribution in [3.63, 3.8) is 0 Å². The Labute approximate surface area is 164 Å². The lowest BCUT2D eigenvalue weighted by atomic mass is 10.0. The molecule has 0 aliphatic heterocycles. The lowest BCUT2D eigenvalue weighted by Gasteiger charge is -2.11. The number of benzene rings is 2. The number of nitrogens with one attached hydrogen (secondary N) is 1. The molecule has 0 saturated carbocycles. The van der Waals surface area contributed by atoms with E-state index in [1.165, 1.54) is 0 Å². The summed E-state index contributed by atoms with van der Waals surface area (Å²) in [5, 5.41) is 11.8. The normalized spacial score (nSPS) is 11.4. The standard InChI is InChI=1S/C21H24N4OS/c1-3-16(4-2)20-23-24-21(27)25(20)22-14-17-10-8-9-11-18(17)15-26-19-12-6-5-7-13-19/h5-14,16H,3-4,15H2,1-2H3,(H,24,27)/b22-14-. The number of hydrogen-bond acceptors (Lipinski definition) is 4. The second kappa shape index (κ2) is 9.28. The van der Waals surface area contributed by atoms with Gasteiger partial charge >= 0.3 is 0 Å². The first-order chi connectivity index (χ1) is 13.2. The zero-order valence-electron chi connectivity index (χ0n) is 15.6. The fourth-order valence-electron chi connectivity index (χ4n) is 2.92. The quantitative estimate of drug-likeness (QED) is 0.426. The largest absolute Gasteiger partial charge is 0.489 e. The van der Waals surface area contributed by atoms with Gasteiger partial charge in [0.05, 0.1) is 6.21 Å². The van der Waals surface area contributed by atoms with Crippen LogP contribution in [0.15, 0.2) is 59.7 Å². The van der Waals surface area contributed by atoms with Gasteiger partial charge in [-0.15, -0.1) is 0 Å². The van der Waals surface area contributed by atoms with E-state index in [1.54, 1.807) is 4.68 Å². The lowest BCUT2D eigenvalue weighted by molar-refractivity contribution is 0.306. The molecule has 0 saturated heterocycles. The maximum Gasteiger partial charge on any atom is 0.216 e. The summed E-state index contributed by atoms with van der Waals surface area (Å²) in [4.78, 5) is 0. The van der Waals surface area contributed by atoms with Crippen molar-refractivity contribution in [2.45, 2.75) is 39.2 Å². The molecule has 2 aromatic carbocycles. The first-order valence-electron chi connectivity index (χ1n) is 9.20. The number of H-pyrrole nitrogens is 1. The summed E-state index contributed by atoms with van der Waals surface area (Å²) in [6.07, 6.45) is 3.81. The topological polar surface area (TPSA) is 55.2 Å². The molecule has 0 fully saturated rings. The minimum atomic E-state index is 0.326. The molecule has 6 heteroatoms. The van der Waals surface area contributed by atoms with E-state index in [2.05, 4.69) is 29.1 Å². The smallest absolute Gasteiger partial charge is 0.216 e. The van der Waals surface area contributed by atoms with Crippen molar-refractivity contribution < 1.29 is 4.74 Å². The van der Waals surface area contributed by atoms with Crippen molar-refractivity contribution in [3.05, 3.63) is 76.3 Å². The Morgan fingerprint density at radius 3 is 2.56 bits per heavy atom. The highest BCUT2D eigenvalue weighted by Gasteiger charge is 2.15. The van der Waals surface area contributed by atoms with Crippen LogP contribution in [0.2, 0.25) is 0 Å². The van der Waals surface area contributed by atoms with Crippen LogP contribution in [0.4, 0.5) is 0 Å². The molecule has 0 amide bonds. The lowest BCUT2D eigenvalue weighted by Crippen LogP contribution is -2.06. The molecule has 0 radical (unpaired) electrons. The minimum absolute atomic E-state index is 0.326. The van der Waals surface area contributed by atoms with Crippen molar-refractivity contribution in [1.29, 1.82) is 0 Å². The van der Waals surface area contributed by atoms with Gasteiger partial charge in [-0.1, -0.05) is 56.3 Å². The number of aromatic nitrogens is 3. The molecule has 3 rings (SSSR count). The van der Waals surface area contributed by atoms with Crippen LogP contribution in [0.5, 0.6) is 5.75 Å². The Kier molecular flexibility index (Phi) is 6.54. The first-order valence-corrected chi connectivity index (χ1v) is 9.61. The first kappa shape index (κ1) is 19.0. The Balaban J connectivity index is 1.82. The molecular weight excluding hydrogens is 356 g/mol. The van der Waals surface area contributed by atoms with Gasteiger partial charge in [0, 0.05) is 11.5 Å². The molecule has 0 aliphatic rings. The Hall–Kier alpha value is -2.73. The summed E-state index contributed by atoms with van der Waals surface area (Å²) in [5.41, 5.74) is 2.05. The number of rotatable bonds is 8. The summed E-state index contributed by atoms with van der Waals surface area (Å²) in [6, 6.07) is 17.8. The predicted octanol–water partition coefficient (Wildman–Crippen LogP) is 5.31. The van der Waals surface area contributed by atoms with Gasteiger partial charge in [0.15, 0.2) is 5.82 Å². The molecule has 5 nitrogen and oxygen atoms in total. The zero-order valence-corrected chi connectivity index (χ0v) is 16.4. The van der Waals surface area contributed by atoms with Gasteiger partial charge in [-0.05, 0) is 42.8 Å². The fraction of sp³-hybridized carbons (Fsp3) is 0.286. The van der Waals surface area contributed by atoms with E-state index in [0.717, 1.165) is 35.5 Å². The van der Waals surface area contributed by atoms with Crippen molar-refractivity contribution >= 4 is 18.4 Å². The third-order valence-electron chi connectivity index (χ3n) is 4.53. The van der Waals surface area contributed by atoms with Crippen molar-refractivity contribution in [2.75, 3.05) is 0 Å². The molecule has 0 atom stereocenters. The van der Waals surface area contributed by atoms with E-state index in [0.29, 0.717) is 17.3 Å². The second-order valence-electron chi connectivity index (χ2n) is 6.26. The highest BCUT2D eigenvalue weighted by Crippen LogP contribution is 2.21. The van der Waals surface area contributed by atoms with Gasteiger partial charge in [-0.3, -0.25) is 5.10 Å². The van der Waals surface area contributed by atoms with E-state index in [-0.39, 0.29) is 0 Å². The number of hydrogen-bond donors (Lipinski definition) is 1. The third kappa shape index (κ3) is 4.71. The molecule has 0 spiro atoms. The number of ether oxygens (including phenoxy) is 1. The average Bonchev–Trinajstić information content (AvgIpc) is 3.07. The summed E-state index contributed by atoms with van der Waals surface area (Å²) >= 11 is 5.36. The summed E-state index contributed by atoms with van der Waals surface area (Å²) in [7, 11) is 0. The van der Waals surface area contributed by atoms with Crippen molar-refractivity contribution in [2.24, 2.45) is 5.10 Å². The summed E-state index contributed by atoms with van der Waals surface area (Å²) < 4.78 is 8.11. The van der Waals surface area contributed by atoms with E-state index in [1.807, 2.05) is 60.8 Å². The molecule has 0 bridgehead atoms. The maximum atomic E-state index is 5.88. The maximum absolute atomic E-state index is 5.88. The molecular formula is C21H24N4OS. The summed E-state index contributed by atoms with van der Waals surface area (Å²) in [5.74, 6) is 2.04. The molecule has 1 aromatic heterocycles. The molecule has 0 unspecified atom stereocenters. The Bertz CT molecular complexity index is 942. The van der Waals surface area contributed by atoms with Gasteiger partial charge in [-0.2, -0.15) is 14.9 Å². The van der Waals surface area contributed by atoms with Crippen LogP contribution in [-0.2, 0) is 6.61 Å². The molecule has 27 heavy (non-hydrogen) atoms. The van der Waals surface area contributed by atoms with E-state index in [9.17, 15) is 0 Å². The van der Waals surface area contributed by atoms with Crippen molar-refractivity contribution in [1.82, 2.24) is 14.9 Å². The minimum Gasteiger partial charge on any atom is -0.489 e. The monoisotopic (exact) mass is 380 g/mol. The van der Waals surface area contributed by atoms with Gasteiger partial charge in [0.2, 0.25) is 4.77 Å². The van der Waals surface area contributed by atoms with E-state index < -0.39 is 0 Å². The van der Waals surface area contributed by atoms with Crippen LogP contribution < -0.4 is 4.74 Å². The van der Waals surface area contributed by atoms with Gasteiger partial charge in [0.1, 0.15) is 12.4 Å². The number of para-hydroxylation sites is 1. The predicted molar refractivity (Wildman–Crippen MR) is 111 cm³/mol.